The van der Waals surface area contributed by atoms with Gasteiger partial charge in [-0.3, -0.25) is 4.79 Å². The van der Waals surface area contributed by atoms with Gasteiger partial charge in [-0.1, -0.05) is 12.1 Å². The third-order valence-corrected chi connectivity index (χ3v) is 3.15. The van der Waals surface area contributed by atoms with Gasteiger partial charge in [0.1, 0.15) is 12.1 Å². The molecule has 2 rings (SSSR count). The molecule has 92 valence electrons. The Kier molecular flexibility index (Phi) is 3.28. The Morgan fingerprint density at radius 1 is 0.944 bits per heavy atom. The smallest absolute Gasteiger partial charge is 0.150 e. The quantitative estimate of drug-likeness (QED) is 0.720. The Bertz CT molecular complexity index is 591. The first-order chi connectivity index (χ1) is 8.52. The van der Waals surface area contributed by atoms with E-state index in [1.807, 2.05) is 32.9 Å². The van der Waals surface area contributed by atoms with Crippen molar-refractivity contribution in [3.8, 4) is 11.1 Å². The zero-order chi connectivity index (χ0) is 13.3. The van der Waals surface area contributed by atoms with Crippen LogP contribution < -0.4 is 0 Å². The minimum absolute atomic E-state index is 0.212. The van der Waals surface area contributed by atoms with Gasteiger partial charge in [0.2, 0.25) is 0 Å². The largest absolute Gasteiger partial charge is 0.298 e. The van der Waals surface area contributed by atoms with Gasteiger partial charge in [-0.05, 0) is 66.8 Å². The molecule has 0 unspecified atom stereocenters. The number of benzene rings is 2. The molecule has 0 radical (unpaired) electrons. The molecule has 0 aliphatic heterocycles. The molecule has 2 heteroatoms. The molecule has 0 saturated heterocycles. The van der Waals surface area contributed by atoms with Crippen molar-refractivity contribution >= 4 is 6.29 Å². The Morgan fingerprint density at radius 3 is 2.06 bits per heavy atom. The van der Waals surface area contributed by atoms with Crippen molar-refractivity contribution in [3.63, 3.8) is 0 Å². The predicted octanol–water partition coefficient (Wildman–Crippen LogP) is 4.23. The van der Waals surface area contributed by atoms with Crippen molar-refractivity contribution < 1.29 is 9.18 Å². The summed E-state index contributed by atoms with van der Waals surface area (Å²) in [5.41, 5.74) is 5.61. The fourth-order valence-electron chi connectivity index (χ4n) is 2.38. The van der Waals surface area contributed by atoms with E-state index in [9.17, 15) is 9.18 Å². The predicted molar refractivity (Wildman–Crippen MR) is 71.4 cm³/mol. The fraction of sp³-hybridized carbons (Fsp3) is 0.188. The monoisotopic (exact) mass is 242 g/mol. The summed E-state index contributed by atoms with van der Waals surface area (Å²) < 4.78 is 13.3. The topological polar surface area (TPSA) is 17.1 Å². The van der Waals surface area contributed by atoms with Crippen LogP contribution in [0.4, 0.5) is 4.39 Å². The summed E-state index contributed by atoms with van der Waals surface area (Å²) in [6.45, 7) is 5.77. The molecule has 1 nitrogen and oxygen atoms in total. The highest BCUT2D eigenvalue weighted by molar-refractivity contribution is 5.80. The van der Waals surface area contributed by atoms with Gasteiger partial charge >= 0.3 is 0 Å². The van der Waals surface area contributed by atoms with Gasteiger partial charge < -0.3 is 0 Å². The maximum absolute atomic E-state index is 13.3. The second kappa shape index (κ2) is 4.73. The van der Waals surface area contributed by atoms with E-state index in [0.29, 0.717) is 5.56 Å². The van der Waals surface area contributed by atoms with Crippen LogP contribution in [-0.2, 0) is 0 Å². The van der Waals surface area contributed by atoms with E-state index >= 15 is 0 Å². The van der Waals surface area contributed by atoms with Crippen LogP contribution in [0, 0.1) is 26.6 Å². The molecule has 0 saturated carbocycles. The third kappa shape index (κ3) is 2.19. The normalized spacial score (nSPS) is 10.4. The molecule has 0 spiro atoms. The highest BCUT2D eigenvalue weighted by Gasteiger charge is 2.10. The number of aryl methyl sites for hydroxylation is 3. The number of rotatable bonds is 2. The Balaban J connectivity index is 2.66. The minimum atomic E-state index is -0.212. The number of hydrogen-bond acceptors (Lipinski definition) is 1. The van der Waals surface area contributed by atoms with Crippen LogP contribution in [0.2, 0.25) is 0 Å². The molecule has 0 amide bonds. The Labute approximate surface area is 106 Å². The molecule has 18 heavy (non-hydrogen) atoms. The Hall–Kier alpha value is -1.96. The number of aldehydes is 1. The molecule has 0 heterocycles. The molecule has 0 atom stereocenters. The summed E-state index contributed by atoms with van der Waals surface area (Å²) in [5.74, 6) is -0.212. The second-order valence-corrected chi connectivity index (χ2v) is 4.61. The van der Waals surface area contributed by atoms with E-state index in [4.69, 9.17) is 0 Å². The van der Waals surface area contributed by atoms with Gasteiger partial charge in [0.25, 0.3) is 0 Å². The highest BCUT2D eigenvalue weighted by Crippen LogP contribution is 2.30. The summed E-state index contributed by atoms with van der Waals surface area (Å²) >= 11 is 0. The van der Waals surface area contributed by atoms with Crippen molar-refractivity contribution in [2.24, 2.45) is 0 Å². The van der Waals surface area contributed by atoms with Crippen LogP contribution in [0.1, 0.15) is 27.0 Å². The zero-order valence-electron chi connectivity index (χ0n) is 10.8. The van der Waals surface area contributed by atoms with Crippen LogP contribution in [-0.4, -0.2) is 6.29 Å². The van der Waals surface area contributed by atoms with Gasteiger partial charge in [-0.25, -0.2) is 4.39 Å². The minimum Gasteiger partial charge on any atom is -0.298 e. The maximum Gasteiger partial charge on any atom is 0.150 e. The summed E-state index contributed by atoms with van der Waals surface area (Å²) in [4.78, 5) is 10.7. The van der Waals surface area contributed by atoms with Crippen molar-refractivity contribution in [2.75, 3.05) is 0 Å². The highest BCUT2D eigenvalue weighted by atomic mass is 19.1. The van der Waals surface area contributed by atoms with E-state index < -0.39 is 0 Å². The lowest BCUT2D eigenvalue weighted by Crippen LogP contribution is -1.94. The van der Waals surface area contributed by atoms with Crippen LogP contribution in [0.25, 0.3) is 11.1 Å². The van der Waals surface area contributed by atoms with Crippen molar-refractivity contribution in [3.05, 3.63) is 58.4 Å². The summed E-state index contributed by atoms with van der Waals surface area (Å²) in [5, 5.41) is 0. The standard InChI is InChI=1S/C16H15FO/c1-10-6-13(9-18)4-5-15(10)16-11(2)7-14(17)8-12(16)3/h4-9H,1-3H3. The zero-order valence-corrected chi connectivity index (χ0v) is 10.8. The van der Waals surface area contributed by atoms with Crippen LogP contribution >= 0.6 is 0 Å². The lowest BCUT2D eigenvalue weighted by Gasteiger charge is -2.13. The summed E-state index contributed by atoms with van der Waals surface area (Å²) in [6, 6.07) is 8.64. The molecule has 0 fully saturated rings. The van der Waals surface area contributed by atoms with Gasteiger partial charge in [-0.2, -0.15) is 0 Å². The SMILES string of the molecule is Cc1cc(C=O)ccc1-c1c(C)cc(F)cc1C. The molecule has 0 aliphatic rings. The lowest BCUT2D eigenvalue weighted by atomic mass is 9.92. The molecule has 0 aliphatic carbocycles. The van der Waals surface area contributed by atoms with Gasteiger partial charge in [-0.15, -0.1) is 0 Å². The number of carbonyl (C=O) groups is 1. The fourth-order valence-corrected chi connectivity index (χ4v) is 2.38. The summed E-state index contributed by atoms with van der Waals surface area (Å²) in [6.07, 6.45) is 0.834. The number of hydrogen-bond donors (Lipinski definition) is 0. The van der Waals surface area contributed by atoms with E-state index in [1.165, 1.54) is 12.1 Å². The molecular formula is C16H15FO. The Morgan fingerprint density at radius 2 is 1.56 bits per heavy atom. The first kappa shape index (κ1) is 12.5. The maximum atomic E-state index is 13.3. The third-order valence-electron chi connectivity index (χ3n) is 3.15. The van der Waals surface area contributed by atoms with E-state index in [2.05, 4.69) is 0 Å². The molecule has 2 aromatic rings. The van der Waals surface area contributed by atoms with E-state index in [-0.39, 0.29) is 5.82 Å². The lowest BCUT2D eigenvalue weighted by molar-refractivity contribution is 0.112. The molecule has 2 aromatic carbocycles. The first-order valence-electron chi connectivity index (χ1n) is 5.86. The van der Waals surface area contributed by atoms with Crippen molar-refractivity contribution in [1.29, 1.82) is 0 Å². The molecule has 0 aromatic heterocycles. The van der Waals surface area contributed by atoms with Gasteiger partial charge in [0.15, 0.2) is 0 Å². The van der Waals surface area contributed by atoms with E-state index in [1.54, 1.807) is 6.07 Å². The van der Waals surface area contributed by atoms with Crippen LogP contribution in [0.3, 0.4) is 0 Å². The summed E-state index contributed by atoms with van der Waals surface area (Å²) in [7, 11) is 0. The number of halogens is 1. The van der Waals surface area contributed by atoms with E-state index in [0.717, 1.165) is 34.1 Å². The van der Waals surface area contributed by atoms with Crippen molar-refractivity contribution in [2.45, 2.75) is 20.8 Å². The van der Waals surface area contributed by atoms with Gasteiger partial charge in [0.05, 0.1) is 0 Å². The first-order valence-corrected chi connectivity index (χ1v) is 5.86. The molecule has 0 N–H and O–H groups in total. The molecular weight excluding hydrogens is 227 g/mol. The average Bonchev–Trinajstić information content (AvgIpc) is 2.29. The van der Waals surface area contributed by atoms with Crippen LogP contribution in [0.15, 0.2) is 30.3 Å². The molecule has 0 bridgehead atoms. The average molecular weight is 242 g/mol. The van der Waals surface area contributed by atoms with Gasteiger partial charge in [0, 0.05) is 5.56 Å². The van der Waals surface area contributed by atoms with Crippen molar-refractivity contribution in [1.82, 2.24) is 0 Å². The number of carbonyl (C=O) groups excluding carboxylic acids is 1. The van der Waals surface area contributed by atoms with Crippen LogP contribution in [0.5, 0.6) is 0 Å². The second-order valence-electron chi connectivity index (χ2n) is 4.61.